The molecule has 0 saturated carbocycles. The highest BCUT2D eigenvalue weighted by Gasteiger charge is 2.14. The van der Waals surface area contributed by atoms with Gasteiger partial charge in [0, 0.05) is 25.7 Å². The first-order valence-electron chi connectivity index (χ1n) is 8.69. The van der Waals surface area contributed by atoms with E-state index in [-0.39, 0.29) is 5.91 Å². The molecule has 0 spiro atoms. The van der Waals surface area contributed by atoms with Crippen LogP contribution in [0.1, 0.15) is 29.9 Å². The summed E-state index contributed by atoms with van der Waals surface area (Å²) in [7, 11) is 3.24. The van der Waals surface area contributed by atoms with Crippen molar-refractivity contribution in [3.8, 4) is 11.5 Å². The van der Waals surface area contributed by atoms with E-state index in [0.717, 1.165) is 12.0 Å². The fourth-order valence-electron chi connectivity index (χ4n) is 2.61. The Labute approximate surface area is 154 Å². The highest BCUT2D eigenvalue weighted by molar-refractivity contribution is 5.92. The van der Waals surface area contributed by atoms with Gasteiger partial charge in [-0.2, -0.15) is 0 Å². The number of carbonyl (C=O) groups excluding carboxylic acids is 1. The standard InChI is InChI=1S/C19H26N4O3/c1-5-23(6-2)19(24)15-12-18(22-13-21-15)20-10-9-14-7-8-16(25-3)17(11-14)26-4/h7-8,11-13H,5-6,9-10H2,1-4H3,(H,20,21,22). The maximum absolute atomic E-state index is 12.4. The highest BCUT2D eigenvalue weighted by atomic mass is 16.5. The predicted octanol–water partition coefficient (Wildman–Crippen LogP) is 2.63. The summed E-state index contributed by atoms with van der Waals surface area (Å²) in [6.45, 7) is 5.88. The van der Waals surface area contributed by atoms with E-state index >= 15 is 0 Å². The lowest BCUT2D eigenvalue weighted by molar-refractivity contribution is 0.0767. The Hall–Kier alpha value is -2.83. The number of ether oxygens (including phenoxy) is 2. The van der Waals surface area contributed by atoms with Gasteiger partial charge < -0.3 is 19.7 Å². The summed E-state index contributed by atoms with van der Waals surface area (Å²) in [5.41, 5.74) is 1.51. The molecule has 0 aliphatic heterocycles. The molecule has 7 nitrogen and oxygen atoms in total. The quantitative estimate of drug-likeness (QED) is 0.743. The molecule has 140 valence electrons. The summed E-state index contributed by atoms with van der Waals surface area (Å²) in [6, 6.07) is 7.53. The van der Waals surface area contributed by atoms with Crippen LogP contribution in [0.5, 0.6) is 11.5 Å². The third-order valence-corrected chi connectivity index (χ3v) is 4.10. The smallest absolute Gasteiger partial charge is 0.272 e. The monoisotopic (exact) mass is 358 g/mol. The number of nitrogens with zero attached hydrogens (tertiary/aromatic N) is 3. The normalized spacial score (nSPS) is 10.3. The van der Waals surface area contributed by atoms with Crippen LogP contribution < -0.4 is 14.8 Å². The van der Waals surface area contributed by atoms with Crippen molar-refractivity contribution in [3.05, 3.63) is 41.9 Å². The van der Waals surface area contributed by atoms with Crippen molar-refractivity contribution in [3.63, 3.8) is 0 Å². The van der Waals surface area contributed by atoms with Crippen molar-refractivity contribution in [2.75, 3.05) is 39.2 Å². The van der Waals surface area contributed by atoms with Crippen LogP contribution in [0.3, 0.4) is 0 Å². The van der Waals surface area contributed by atoms with E-state index in [1.807, 2.05) is 32.0 Å². The number of hydrogen-bond acceptors (Lipinski definition) is 6. The van der Waals surface area contributed by atoms with Gasteiger partial charge in [0.15, 0.2) is 11.5 Å². The van der Waals surface area contributed by atoms with E-state index < -0.39 is 0 Å². The summed E-state index contributed by atoms with van der Waals surface area (Å²) in [5.74, 6) is 1.97. The second-order valence-electron chi connectivity index (χ2n) is 5.63. The van der Waals surface area contributed by atoms with E-state index in [1.54, 1.807) is 25.2 Å². The topological polar surface area (TPSA) is 76.6 Å². The van der Waals surface area contributed by atoms with Gasteiger partial charge in [0.25, 0.3) is 5.91 Å². The number of carbonyl (C=O) groups is 1. The molecule has 0 unspecified atom stereocenters. The van der Waals surface area contributed by atoms with Crippen molar-refractivity contribution < 1.29 is 14.3 Å². The molecule has 7 heteroatoms. The maximum Gasteiger partial charge on any atom is 0.272 e. The molecular formula is C19H26N4O3. The molecule has 2 aromatic rings. The van der Waals surface area contributed by atoms with Gasteiger partial charge in [0.1, 0.15) is 17.8 Å². The molecule has 0 bridgehead atoms. The first-order valence-corrected chi connectivity index (χ1v) is 8.69. The molecule has 1 N–H and O–H groups in total. The minimum atomic E-state index is -0.0830. The van der Waals surface area contributed by atoms with Crippen molar-refractivity contribution in [2.45, 2.75) is 20.3 Å². The Morgan fingerprint density at radius 3 is 2.46 bits per heavy atom. The summed E-state index contributed by atoms with van der Waals surface area (Å²) in [4.78, 5) is 22.4. The number of benzene rings is 1. The summed E-state index contributed by atoms with van der Waals surface area (Å²) >= 11 is 0. The fourth-order valence-corrected chi connectivity index (χ4v) is 2.61. The molecule has 1 heterocycles. The zero-order valence-electron chi connectivity index (χ0n) is 15.8. The molecule has 26 heavy (non-hydrogen) atoms. The number of hydrogen-bond donors (Lipinski definition) is 1. The molecule has 0 radical (unpaired) electrons. The minimum Gasteiger partial charge on any atom is -0.493 e. The van der Waals surface area contributed by atoms with Crippen molar-refractivity contribution in [2.24, 2.45) is 0 Å². The van der Waals surface area contributed by atoms with Gasteiger partial charge in [-0.15, -0.1) is 0 Å². The van der Waals surface area contributed by atoms with E-state index in [1.165, 1.54) is 6.33 Å². The SMILES string of the molecule is CCN(CC)C(=O)c1cc(NCCc2ccc(OC)c(OC)c2)ncn1. The largest absolute Gasteiger partial charge is 0.493 e. The molecular weight excluding hydrogens is 332 g/mol. The second-order valence-corrected chi connectivity index (χ2v) is 5.63. The van der Waals surface area contributed by atoms with Gasteiger partial charge in [-0.3, -0.25) is 4.79 Å². The van der Waals surface area contributed by atoms with Gasteiger partial charge in [-0.05, 0) is 38.0 Å². The molecule has 0 aliphatic carbocycles. The van der Waals surface area contributed by atoms with Gasteiger partial charge in [0.05, 0.1) is 14.2 Å². The molecule has 0 aliphatic rings. The molecule has 0 fully saturated rings. The summed E-state index contributed by atoms with van der Waals surface area (Å²) < 4.78 is 10.6. The van der Waals surface area contributed by atoms with Gasteiger partial charge in [-0.1, -0.05) is 6.07 Å². The van der Waals surface area contributed by atoms with Gasteiger partial charge >= 0.3 is 0 Å². The minimum absolute atomic E-state index is 0.0830. The average Bonchev–Trinajstić information content (AvgIpc) is 2.69. The molecule has 1 amide bonds. The van der Waals surface area contributed by atoms with Crippen LogP contribution in [0.2, 0.25) is 0 Å². The second kappa shape index (κ2) is 9.60. The lowest BCUT2D eigenvalue weighted by atomic mass is 10.1. The molecule has 2 rings (SSSR count). The van der Waals surface area contributed by atoms with E-state index in [9.17, 15) is 4.79 Å². The first kappa shape index (κ1) is 19.5. The number of amides is 1. The molecule has 0 saturated heterocycles. The Kier molecular flexibility index (Phi) is 7.20. The Morgan fingerprint density at radius 1 is 1.08 bits per heavy atom. The Balaban J connectivity index is 1.98. The molecule has 0 atom stereocenters. The van der Waals surface area contributed by atoms with Crippen LogP contribution in [0, 0.1) is 0 Å². The lowest BCUT2D eigenvalue weighted by Crippen LogP contribution is -2.31. The Morgan fingerprint density at radius 2 is 1.81 bits per heavy atom. The number of nitrogens with one attached hydrogen (secondary N) is 1. The van der Waals surface area contributed by atoms with Crippen molar-refractivity contribution in [1.82, 2.24) is 14.9 Å². The molecule has 1 aromatic heterocycles. The van der Waals surface area contributed by atoms with Crippen LogP contribution in [-0.2, 0) is 6.42 Å². The number of aromatic nitrogens is 2. The first-order chi connectivity index (χ1) is 12.6. The highest BCUT2D eigenvalue weighted by Crippen LogP contribution is 2.27. The summed E-state index contributed by atoms with van der Waals surface area (Å²) in [5, 5.41) is 3.24. The van der Waals surface area contributed by atoms with Crippen LogP contribution in [0.15, 0.2) is 30.6 Å². The van der Waals surface area contributed by atoms with Crippen molar-refractivity contribution in [1.29, 1.82) is 0 Å². The third-order valence-electron chi connectivity index (χ3n) is 4.10. The number of methoxy groups -OCH3 is 2. The van der Waals surface area contributed by atoms with E-state index in [2.05, 4.69) is 15.3 Å². The van der Waals surface area contributed by atoms with Gasteiger partial charge in [-0.25, -0.2) is 9.97 Å². The number of rotatable bonds is 9. The van der Waals surface area contributed by atoms with Crippen LogP contribution in [0.4, 0.5) is 5.82 Å². The Bertz CT molecular complexity index is 732. The van der Waals surface area contributed by atoms with Crippen LogP contribution >= 0.6 is 0 Å². The lowest BCUT2D eigenvalue weighted by Gasteiger charge is -2.18. The zero-order chi connectivity index (χ0) is 18.9. The van der Waals surface area contributed by atoms with Crippen LogP contribution in [-0.4, -0.2) is 54.6 Å². The summed E-state index contributed by atoms with van der Waals surface area (Å²) in [6.07, 6.45) is 2.19. The number of anilines is 1. The van der Waals surface area contributed by atoms with Gasteiger partial charge in [0.2, 0.25) is 0 Å². The molecule has 1 aromatic carbocycles. The predicted molar refractivity (Wildman–Crippen MR) is 101 cm³/mol. The zero-order valence-corrected chi connectivity index (χ0v) is 15.8. The van der Waals surface area contributed by atoms with Crippen LogP contribution in [0.25, 0.3) is 0 Å². The van der Waals surface area contributed by atoms with E-state index in [4.69, 9.17) is 9.47 Å². The van der Waals surface area contributed by atoms with Crippen molar-refractivity contribution >= 4 is 11.7 Å². The fraction of sp³-hybridized carbons (Fsp3) is 0.421. The average molecular weight is 358 g/mol. The van der Waals surface area contributed by atoms with E-state index in [0.29, 0.717) is 42.6 Å². The maximum atomic E-state index is 12.4. The third kappa shape index (κ3) is 4.84.